The molecule has 1 amide bonds. The molecule has 7 nitrogen and oxygen atoms in total. The van der Waals surface area contributed by atoms with Gasteiger partial charge in [0.2, 0.25) is 5.91 Å². The summed E-state index contributed by atoms with van der Waals surface area (Å²) in [4.78, 5) is 34.4. The summed E-state index contributed by atoms with van der Waals surface area (Å²) >= 11 is 1.41. The zero-order chi connectivity index (χ0) is 23.4. The maximum absolute atomic E-state index is 14.2. The van der Waals surface area contributed by atoms with Gasteiger partial charge in [0.15, 0.2) is 5.17 Å². The van der Waals surface area contributed by atoms with Gasteiger partial charge in [0, 0.05) is 18.8 Å². The third-order valence-corrected chi connectivity index (χ3v) is 6.97. The maximum Gasteiger partial charge on any atom is 0.338 e. The lowest BCUT2D eigenvalue weighted by atomic mass is 9.93. The Morgan fingerprint density at radius 3 is 2.79 bits per heavy atom. The second-order valence-corrected chi connectivity index (χ2v) is 9.07. The van der Waals surface area contributed by atoms with Crippen LogP contribution in [0.15, 0.2) is 51.6 Å². The van der Waals surface area contributed by atoms with Gasteiger partial charge < -0.3 is 19.9 Å². The Kier molecular flexibility index (Phi) is 7.49. The van der Waals surface area contributed by atoms with Gasteiger partial charge in [-0.3, -0.25) is 4.79 Å². The molecule has 4 rings (SSSR count). The molecule has 1 aromatic rings. The highest BCUT2D eigenvalue weighted by Crippen LogP contribution is 2.45. The fourth-order valence-electron chi connectivity index (χ4n) is 4.49. The number of nitrogens with zero attached hydrogens (tertiary/aromatic N) is 3. The predicted molar refractivity (Wildman–Crippen MR) is 127 cm³/mol. The topological polar surface area (TPSA) is 74.2 Å². The zero-order valence-electron chi connectivity index (χ0n) is 19.0. The van der Waals surface area contributed by atoms with E-state index in [1.165, 1.54) is 43.8 Å². The molecule has 1 fully saturated rings. The molecular formula is C24H29FN4O3S. The van der Waals surface area contributed by atoms with Crippen molar-refractivity contribution in [2.24, 2.45) is 4.99 Å². The van der Waals surface area contributed by atoms with Gasteiger partial charge in [0.25, 0.3) is 0 Å². The number of thioether (sulfide) groups is 1. The minimum Gasteiger partial charge on any atom is -0.466 e. The number of ether oxygens (including phenoxy) is 1. The summed E-state index contributed by atoms with van der Waals surface area (Å²) in [6.07, 6.45) is 3.10. The number of esters is 1. The first-order valence-corrected chi connectivity index (χ1v) is 12.2. The Morgan fingerprint density at radius 2 is 2.09 bits per heavy atom. The number of allylic oxidation sites excluding steroid dienone is 1. The third-order valence-electron chi connectivity index (χ3n) is 6.08. The summed E-state index contributed by atoms with van der Waals surface area (Å²) in [6.45, 7) is 5.53. The van der Waals surface area contributed by atoms with Crippen molar-refractivity contribution in [3.8, 4) is 0 Å². The number of halogens is 1. The molecule has 1 N–H and O–H groups in total. The summed E-state index contributed by atoms with van der Waals surface area (Å²) in [5, 5.41) is 5.56. The van der Waals surface area contributed by atoms with E-state index < -0.39 is 17.8 Å². The van der Waals surface area contributed by atoms with Gasteiger partial charge in [0.05, 0.1) is 30.8 Å². The molecule has 176 valence electrons. The van der Waals surface area contributed by atoms with E-state index in [1.54, 1.807) is 12.1 Å². The molecule has 3 heterocycles. The number of amides is 1. The van der Waals surface area contributed by atoms with Crippen LogP contribution < -0.4 is 5.32 Å². The Balaban J connectivity index is 1.57. The van der Waals surface area contributed by atoms with Crippen molar-refractivity contribution in [1.82, 2.24) is 15.1 Å². The van der Waals surface area contributed by atoms with Gasteiger partial charge in [-0.25, -0.2) is 14.2 Å². The summed E-state index contributed by atoms with van der Waals surface area (Å²) in [5.41, 5.74) is 2.32. The second-order valence-electron chi connectivity index (χ2n) is 8.23. The molecule has 1 aromatic carbocycles. The first kappa shape index (κ1) is 23.5. The van der Waals surface area contributed by atoms with Crippen LogP contribution in [0.4, 0.5) is 4.39 Å². The van der Waals surface area contributed by atoms with E-state index in [-0.39, 0.29) is 12.3 Å². The number of carbonyl (C=O) groups excluding carboxylic acids is 2. The molecule has 0 unspecified atom stereocenters. The molecule has 0 aromatic heterocycles. The number of rotatable bonds is 8. The first-order chi connectivity index (χ1) is 16.0. The van der Waals surface area contributed by atoms with Crippen molar-refractivity contribution in [3.05, 3.63) is 58.0 Å². The van der Waals surface area contributed by atoms with Crippen LogP contribution in [-0.2, 0) is 14.3 Å². The quantitative estimate of drug-likeness (QED) is 0.583. The lowest BCUT2D eigenvalue weighted by Gasteiger charge is -2.36. The van der Waals surface area contributed by atoms with Gasteiger partial charge in [-0.05, 0) is 55.5 Å². The third kappa shape index (κ3) is 5.14. The number of hydrogen-bond donors (Lipinski definition) is 1. The largest absolute Gasteiger partial charge is 0.466 e. The van der Waals surface area contributed by atoms with Crippen molar-refractivity contribution in [1.29, 1.82) is 0 Å². The van der Waals surface area contributed by atoms with Crippen molar-refractivity contribution in [2.45, 2.75) is 38.6 Å². The minimum absolute atomic E-state index is 0.0924. The lowest BCUT2D eigenvalue weighted by Crippen LogP contribution is -2.39. The van der Waals surface area contributed by atoms with Crippen LogP contribution in [-0.4, -0.2) is 60.1 Å². The number of likely N-dealkylation sites (tertiary alicyclic amines) is 1. The molecule has 3 aliphatic heterocycles. The van der Waals surface area contributed by atoms with Gasteiger partial charge in [-0.2, -0.15) is 0 Å². The fraction of sp³-hybridized carbons (Fsp3) is 0.458. The molecule has 33 heavy (non-hydrogen) atoms. The van der Waals surface area contributed by atoms with Crippen LogP contribution in [0.3, 0.4) is 0 Å². The highest BCUT2D eigenvalue weighted by atomic mass is 32.2. The van der Waals surface area contributed by atoms with Gasteiger partial charge in [0.1, 0.15) is 5.82 Å². The van der Waals surface area contributed by atoms with Crippen LogP contribution in [0.5, 0.6) is 0 Å². The number of hydrogen-bond acceptors (Lipinski definition) is 7. The molecule has 0 aliphatic carbocycles. The van der Waals surface area contributed by atoms with E-state index >= 15 is 0 Å². The van der Waals surface area contributed by atoms with E-state index in [0.717, 1.165) is 25.3 Å². The normalized spacial score (nSPS) is 20.5. The van der Waals surface area contributed by atoms with Crippen LogP contribution >= 0.6 is 11.8 Å². The molecule has 0 radical (unpaired) electrons. The van der Waals surface area contributed by atoms with E-state index in [9.17, 15) is 14.0 Å². The Bertz CT molecular complexity index is 1020. The lowest BCUT2D eigenvalue weighted by molar-refractivity contribution is -0.136. The standard InChI is InChI=1S/C24H29FN4O3S/c1-3-19-21(23(31)32-2)22(16-7-6-8-17(25)13-16)29-18(15-33-24(29)27-19)14-20(30)26-9-12-28-10-4-5-11-28/h6-8,13,15,22H,3-5,9-12,14H2,1-2H3,(H,26,30)/t22-/m0/s1. The van der Waals surface area contributed by atoms with E-state index in [1.807, 2.05) is 17.2 Å². The van der Waals surface area contributed by atoms with Crippen LogP contribution in [0.1, 0.15) is 44.2 Å². The number of amidine groups is 1. The van der Waals surface area contributed by atoms with Gasteiger partial charge in [-0.1, -0.05) is 30.8 Å². The number of aliphatic imine (C=N–C) groups is 1. The monoisotopic (exact) mass is 472 g/mol. The van der Waals surface area contributed by atoms with Crippen molar-refractivity contribution >= 4 is 28.8 Å². The molecule has 1 saturated heterocycles. The SMILES string of the molecule is CCC1=C(C(=O)OC)[C@H](c2cccc(F)c2)N2C(CC(=O)NCCN3CCCC3)=CSC2=N1. The summed E-state index contributed by atoms with van der Waals surface area (Å²) in [7, 11) is 1.33. The highest BCUT2D eigenvalue weighted by molar-refractivity contribution is 8.16. The van der Waals surface area contributed by atoms with E-state index in [4.69, 9.17) is 4.74 Å². The molecule has 0 spiro atoms. The van der Waals surface area contributed by atoms with Gasteiger partial charge in [-0.15, -0.1) is 0 Å². The van der Waals surface area contributed by atoms with Crippen LogP contribution in [0.2, 0.25) is 0 Å². The van der Waals surface area contributed by atoms with Crippen LogP contribution in [0, 0.1) is 5.82 Å². The Labute approximate surface area is 197 Å². The average molecular weight is 473 g/mol. The van der Waals surface area contributed by atoms with E-state index in [2.05, 4.69) is 15.2 Å². The number of carbonyl (C=O) groups is 2. The molecule has 1 atom stereocenters. The number of nitrogens with one attached hydrogen (secondary N) is 1. The molecule has 9 heteroatoms. The number of fused-ring (bicyclic) bond motifs is 1. The molecule has 0 bridgehead atoms. The predicted octanol–water partition coefficient (Wildman–Crippen LogP) is 3.57. The van der Waals surface area contributed by atoms with Crippen molar-refractivity contribution < 1.29 is 18.7 Å². The molecular weight excluding hydrogens is 443 g/mol. The summed E-state index contributed by atoms with van der Waals surface area (Å²) < 4.78 is 19.2. The minimum atomic E-state index is -0.616. The Morgan fingerprint density at radius 1 is 1.30 bits per heavy atom. The maximum atomic E-state index is 14.2. The van der Waals surface area contributed by atoms with Crippen molar-refractivity contribution in [2.75, 3.05) is 33.3 Å². The number of methoxy groups -OCH3 is 1. The Hall–Kier alpha value is -2.65. The summed E-state index contributed by atoms with van der Waals surface area (Å²) in [5.74, 6) is -0.990. The average Bonchev–Trinajstić information content (AvgIpc) is 3.47. The van der Waals surface area contributed by atoms with Crippen molar-refractivity contribution in [3.63, 3.8) is 0 Å². The molecule has 0 saturated carbocycles. The first-order valence-electron chi connectivity index (χ1n) is 11.3. The van der Waals surface area contributed by atoms with Crippen LogP contribution in [0.25, 0.3) is 0 Å². The van der Waals surface area contributed by atoms with Gasteiger partial charge >= 0.3 is 5.97 Å². The number of benzene rings is 1. The highest BCUT2D eigenvalue weighted by Gasteiger charge is 2.41. The smallest absolute Gasteiger partial charge is 0.338 e. The zero-order valence-corrected chi connectivity index (χ0v) is 19.8. The fourth-order valence-corrected chi connectivity index (χ4v) is 5.43. The van der Waals surface area contributed by atoms with E-state index in [0.29, 0.717) is 35.0 Å². The second kappa shape index (κ2) is 10.5. The molecule has 3 aliphatic rings. The summed E-state index contributed by atoms with van der Waals surface area (Å²) in [6, 6.07) is 5.57.